The summed E-state index contributed by atoms with van der Waals surface area (Å²) in [5, 5.41) is 7.75. The summed E-state index contributed by atoms with van der Waals surface area (Å²) in [6.07, 6.45) is 1.19. The number of aryl methyl sites for hydroxylation is 2. The Bertz CT molecular complexity index is 754. The maximum atomic E-state index is 12.5. The van der Waals surface area contributed by atoms with Crippen molar-refractivity contribution in [1.82, 2.24) is 9.78 Å². The fourth-order valence-electron chi connectivity index (χ4n) is 2.77. The lowest BCUT2D eigenvalue weighted by Crippen LogP contribution is -2.37. The SMILES string of the molecule is Cc1cc2n(n1)CCCN2C(=O)CCC(=O)Nc1ccc(Cl)cc1. The second-order valence-electron chi connectivity index (χ2n) is 5.82. The Hall–Kier alpha value is -2.34. The lowest BCUT2D eigenvalue weighted by Gasteiger charge is -2.27. The first-order chi connectivity index (χ1) is 11.5. The summed E-state index contributed by atoms with van der Waals surface area (Å²) in [5.41, 5.74) is 1.56. The number of fused-ring (bicyclic) bond motifs is 1. The van der Waals surface area contributed by atoms with Crippen LogP contribution < -0.4 is 10.2 Å². The van der Waals surface area contributed by atoms with Crippen LogP contribution in [0, 0.1) is 6.92 Å². The number of nitrogens with one attached hydrogen (secondary N) is 1. The highest BCUT2D eigenvalue weighted by Gasteiger charge is 2.24. The van der Waals surface area contributed by atoms with Gasteiger partial charge in [-0.1, -0.05) is 11.6 Å². The molecule has 0 bridgehead atoms. The van der Waals surface area contributed by atoms with Gasteiger partial charge in [0.2, 0.25) is 11.8 Å². The Morgan fingerprint density at radius 2 is 1.96 bits per heavy atom. The van der Waals surface area contributed by atoms with Gasteiger partial charge in [-0.25, -0.2) is 4.68 Å². The molecular formula is C17H19ClN4O2. The summed E-state index contributed by atoms with van der Waals surface area (Å²) in [6, 6.07) is 8.78. The van der Waals surface area contributed by atoms with E-state index >= 15 is 0 Å². The van der Waals surface area contributed by atoms with E-state index in [9.17, 15) is 9.59 Å². The molecule has 0 unspecified atom stereocenters. The monoisotopic (exact) mass is 346 g/mol. The van der Waals surface area contributed by atoms with Crippen molar-refractivity contribution in [3.05, 3.63) is 41.0 Å². The van der Waals surface area contributed by atoms with Crippen molar-refractivity contribution in [1.29, 1.82) is 0 Å². The topological polar surface area (TPSA) is 67.2 Å². The number of hydrogen-bond donors (Lipinski definition) is 1. The van der Waals surface area contributed by atoms with Crippen LogP contribution in [-0.4, -0.2) is 28.1 Å². The van der Waals surface area contributed by atoms with Crippen LogP contribution in [0.5, 0.6) is 0 Å². The molecule has 7 heteroatoms. The molecule has 2 amide bonds. The van der Waals surface area contributed by atoms with Crippen molar-refractivity contribution >= 4 is 34.9 Å². The molecule has 0 spiro atoms. The maximum absolute atomic E-state index is 12.5. The van der Waals surface area contributed by atoms with E-state index < -0.39 is 0 Å². The van der Waals surface area contributed by atoms with Gasteiger partial charge in [0.15, 0.2) is 0 Å². The quantitative estimate of drug-likeness (QED) is 0.925. The summed E-state index contributed by atoms with van der Waals surface area (Å²) < 4.78 is 1.85. The zero-order chi connectivity index (χ0) is 17.1. The molecule has 6 nitrogen and oxygen atoms in total. The highest BCUT2D eigenvalue weighted by Crippen LogP contribution is 2.22. The number of aromatic nitrogens is 2. The molecule has 0 aliphatic carbocycles. The fraction of sp³-hybridized carbons (Fsp3) is 0.353. The number of nitrogens with zero attached hydrogens (tertiary/aromatic N) is 3. The molecule has 1 aromatic carbocycles. The third-order valence-electron chi connectivity index (χ3n) is 3.90. The summed E-state index contributed by atoms with van der Waals surface area (Å²) in [4.78, 5) is 26.2. The van der Waals surface area contributed by atoms with Crippen LogP contribution in [0.15, 0.2) is 30.3 Å². The highest BCUT2D eigenvalue weighted by molar-refractivity contribution is 6.30. The second-order valence-corrected chi connectivity index (χ2v) is 6.26. The molecule has 0 fully saturated rings. The molecule has 1 aliphatic heterocycles. The fourth-order valence-corrected chi connectivity index (χ4v) is 2.90. The maximum Gasteiger partial charge on any atom is 0.228 e. The third-order valence-corrected chi connectivity index (χ3v) is 4.16. The van der Waals surface area contributed by atoms with Gasteiger partial charge in [0.05, 0.1) is 5.69 Å². The van der Waals surface area contributed by atoms with E-state index in [4.69, 9.17) is 11.6 Å². The zero-order valence-electron chi connectivity index (χ0n) is 13.5. The van der Waals surface area contributed by atoms with Crippen molar-refractivity contribution in [2.24, 2.45) is 0 Å². The smallest absolute Gasteiger partial charge is 0.228 e. The number of benzene rings is 1. The Morgan fingerprint density at radius 3 is 2.71 bits per heavy atom. The van der Waals surface area contributed by atoms with E-state index in [2.05, 4.69) is 10.4 Å². The normalized spacial score (nSPS) is 13.5. The summed E-state index contributed by atoms with van der Waals surface area (Å²) in [6.45, 7) is 3.40. The molecule has 2 aromatic rings. The minimum absolute atomic E-state index is 0.0536. The molecule has 3 rings (SSSR count). The van der Waals surface area contributed by atoms with Crippen LogP contribution in [0.25, 0.3) is 0 Å². The van der Waals surface area contributed by atoms with Crippen LogP contribution in [-0.2, 0) is 16.1 Å². The van der Waals surface area contributed by atoms with Crippen LogP contribution in [0.2, 0.25) is 5.02 Å². The van der Waals surface area contributed by atoms with E-state index in [0.717, 1.165) is 24.5 Å². The number of anilines is 2. The first-order valence-corrected chi connectivity index (χ1v) is 8.31. The number of rotatable bonds is 4. The molecule has 0 atom stereocenters. The van der Waals surface area contributed by atoms with Crippen molar-refractivity contribution in [2.45, 2.75) is 32.7 Å². The predicted molar refractivity (Wildman–Crippen MR) is 93.2 cm³/mol. The largest absolute Gasteiger partial charge is 0.326 e. The van der Waals surface area contributed by atoms with E-state index in [1.807, 2.05) is 17.7 Å². The standard InChI is InChI=1S/C17H19ClN4O2/c1-12-11-16-21(9-2-10-22(16)20-12)17(24)8-7-15(23)19-14-5-3-13(18)4-6-14/h3-6,11H,2,7-10H2,1H3,(H,19,23). The number of amides is 2. The zero-order valence-corrected chi connectivity index (χ0v) is 14.2. The Labute approximate surface area is 145 Å². The number of hydrogen-bond acceptors (Lipinski definition) is 3. The molecule has 2 heterocycles. The van der Waals surface area contributed by atoms with Gasteiger partial charge in [-0.15, -0.1) is 0 Å². The van der Waals surface area contributed by atoms with E-state index in [-0.39, 0.29) is 24.7 Å². The molecule has 0 saturated heterocycles. The van der Waals surface area contributed by atoms with Crippen LogP contribution in [0.1, 0.15) is 25.0 Å². The van der Waals surface area contributed by atoms with Crippen molar-refractivity contribution in [2.75, 3.05) is 16.8 Å². The summed E-state index contributed by atoms with van der Waals surface area (Å²) >= 11 is 5.81. The first-order valence-electron chi connectivity index (χ1n) is 7.93. The van der Waals surface area contributed by atoms with Gasteiger partial charge in [-0.3, -0.25) is 14.5 Å². The van der Waals surface area contributed by atoms with Crippen LogP contribution in [0.3, 0.4) is 0 Å². The van der Waals surface area contributed by atoms with Gasteiger partial charge >= 0.3 is 0 Å². The molecule has 126 valence electrons. The van der Waals surface area contributed by atoms with Crippen LogP contribution >= 0.6 is 11.6 Å². The average molecular weight is 347 g/mol. The molecule has 1 aliphatic rings. The number of carbonyl (C=O) groups excluding carboxylic acids is 2. The first kappa shape index (κ1) is 16.5. The minimum Gasteiger partial charge on any atom is -0.326 e. The van der Waals surface area contributed by atoms with E-state index in [0.29, 0.717) is 17.3 Å². The van der Waals surface area contributed by atoms with Gasteiger partial charge in [0.25, 0.3) is 0 Å². The minimum atomic E-state index is -0.188. The van der Waals surface area contributed by atoms with Crippen molar-refractivity contribution in [3.8, 4) is 0 Å². The lowest BCUT2D eigenvalue weighted by molar-refractivity contribution is -0.122. The molecule has 1 N–H and O–H groups in total. The molecule has 24 heavy (non-hydrogen) atoms. The highest BCUT2D eigenvalue weighted by atomic mass is 35.5. The average Bonchev–Trinajstić information content (AvgIpc) is 2.94. The third kappa shape index (κ3) is 3.76. The van der Waals surface area contributed by atoms with Gasteiger partial charge in [-0.05, 0) is 37.6 Å². The van der Waals surface area contributed by atoms with E-state index in [1.54, 1.807) is 29.2 Å². The lowest BCUT2D eigenvalue weighted by atomic mass is 10.2. The van der Waals surface area contributed by atoms with Gasteiger partial charge in [0, 0.05) is 42.7 Å². The summed E-state index contributed by atoms with van der Waals surface area (Å²) in [7, 11) is 0. The Kier molecular flexibility index (Phi) is 4.85. The van der Waals surface area contributed by atoms with Gasteiger partial charge in [0.1, 0.15) is 5.82 Å². The Balaban J connectivity index is 1.56. The molecular weight excluding hydrogens is 328 g/mol. The molecule has 0 saturated carbocycles. The molecule has 1 aromatic heterocycles. The summed E-state index contributed by atoms with van der Waals surface area (Å²) in [5.74, 6) is 0.580. The van der Waals surface area contributed by atoms with Gasteiger partial charge in [-0.2, -0.15) is 5.10 Å². The van der Waals surface area contributed by atoms with Crippen molar-refractivity contribution < 1.29 is 9.59 Å². The Morgan fingerprint density at radius 1 is 1.21 bits per heavy atom. The number of halogens is 1. The van der Waals surface area contributed by atoms with Gasteiger partial charge < -0.3 is 5.32 Å². The second kappa shape index (κ2) is 7.05. The molecule has 0 radical (unpaired) electrons. The van der Waals surface area contributed by atoms with E-state index in [1.165, 1.54) is 0 Å². The predicted octanol–water partition coefficient (Wildman–Crippen LogP) is 3.00. The van der Waals surface area contributed by atoms with Crippen molar-refractivity contribution in [3.63, 3.8) is 0 Å². The van der Waals surface area contributed by atoms with Crippen LogP contribution in [0.4, 0.5) is 11.5 Å². The number of carbonyl (C=O) groups is 2.